The predicted octanol–water partition coefficient (Wildman–Crippen LogP) is 0.406. The van der Waals surface area contributed by atoms with Crippen LogP contribution >= 0.6 is 0 Å². The summed E-state index contributed by atoms with van der Waals surface area (Å²) in [4.78, 5) is 2.35. The summed E-state index contributed by atoms with van der Waals surface area (Å²) in [5.74, 6) is 2.10. The number of hydrogen-bond donors (Lipinski definition) is 1. The lowest BCUT2D eigenvalue weighted by Gasteiger charge is -2.47. The number of ether oxygens (including phenoxy) is 5. The molecule has 1 aromatic carbocycles. The smallest absolute Gasteiger partial charge is 0.231 e. The minimum absolute atomic E-state index is 0.0275. The van der Waals surface area contributed by atoms with Crippen molar-refractivity contribution in [3.05, 3.63) is 17.2 Å². The topological polar surface area (TPSA) is 72.9 Å². The van der Waals surface area contributed by atoms with Crippen LogP contribution in [0, 0.1) is 0 Å². The molecule has 0 aromatic heterocycles. The number of aliphatic hydroxyl groups excluding tert-OH is 1. The molecule has 7 unspecified atom stereocenters. The van der Waals surface area contributed by atoms with E-state index in [0.29, 0.717) is 18.0 Å². The fraction of sp³-hybridized carbons (Fsp3) is 0.667. The second-order valence-corrected chi connectivity index (χ2v) is 7.59. The zero-order valence-corrected chi connectivity index (χ0v) is 14.2. The minimum Gasteiger partial charge on any atom is -0.492 e. The molecule has 7 nitrogen and oxygen atoms in total. The number of rotatable bonds is 2. The van der Waals surface area contributed by atoms with Crippen LogP contribution in [0.1, 0.15) is 17.5 Å². The molecule has 0 spiro atoms. The molecular weight excluding hydrogens is 326 g/mol. The molecule has 3 fully saturated rings. The van der Waals surface area contributed by atoms with Gasteiger partial charge in [0.05, 0.1) is 24.7 Å². The Balaban J connectivity index is 1.60. The predicted molar refractivity (Wildman–Crippen MR) is 85.1 cm³/mol. The quantitative estimate of drug-likeness (QED) is 0.777. The average Bonchev–Trinajstić information content (AvgIpc) is 3.24. The number of benzene rings is 1. The fourth-order valence-corrected chi connectivity index (χ4v) is 5.82. The molecule has 0 amide bonds. The van der Waals surface area contributed by atoms with Crippen LogP contribution in [0.2, 0.25) is 0 Å². The van der Waals surface area contributed by atoms with E-state index in [1.54, 1.807) is 14.2 Å². The fourth-order valence-electron chi connectivity index (χ4n) is 5.82. The molecular formula is C18H21NO6. The van der Waals surface area contributed by atoms with Crippen molar-refractivity contribution in [3.8, 4) is 17.2 Å². The number of hydrogen-bond acceptors (Lipinski definition) is 7. The van der Waals surface area contributed by atoms with E-state index in [9.17, 15) is 5.11 Å². The van der Waals surface area contributed by atoms with Gasteiger partial charge in [0.25, 0.3) is 0 Å². The first-order valence-corrected chi connectivity index (χ1v) is 8.80. The van der Waals surface area contributed by atoms with Crippen LogP contribution in [-0.2, 0) is 21.4 Å². The first-order valence-electron chi connectivity index (χ1n) is 8.80. The van der Waals surface area contributed by atoms with Gasteiger partial charge in [-0.3, -0.25) is 4.90 Å². The van der Waals surface area contributed by atoms with Crippen LogP contribution < -0.4 is 14.2 Å². The molecule has 5 aliphatic rings. The van der Waals surface area contributed by atoms with Crippen molar-refractivity contribution in [2.75, 3.05) is 27.6 Å². The largest absolute Gasteiger partial charge is 0.492 e. The summed E-state index contributed by atoms with van der Waals surface area (Å²) in [5, 5.41) is 11.1. The van der Waals surface area contributed by atoms with Gasteiger partial charge in [0, 0.05) is 31.8 Å². The summed E-state index contributed by atoms with van der Waals surface area (Å²) < 4.78 is 28.7. The third-order valence-corrected chi connectivity index (χ3v) is 6.83. The van der Waals surface area contributed by atoms with Crippen LogP contribution in [0.3, 0.4) is 0 Å². The molecule has 0 radical (unpaired) electrons. The van der Waals surface area contributed by atoms with Crippen molar-refractivity contribution >= 4 is 0 Å². The van der Waals surface area contributed by atoms with Gasteiger partial charge in [0.15, 0.2) is 11.5 Å². The molecule has 1 N–H and O–H groups in total. The SMILES string of the molecule is COc1c2c(cc3c1OCO3)C13C(O)CN(C2)C1CC(OC)C1OC13. The lowest BCUT2D eigenvalue weighted by Crippen LogP contribution is -2.59. The molecule has 7 atom stereocenters. The van der Waals surface area contributed by atoms with Gasteiger partial charge in [0.2, 0.25) is 12.5 Å². The van der Waals surface area contributed by atoms with Crippen LogP contribution in [0.15, 0.2) is 6.07 Å². The summed E-state index contributed by atoms with van der Waals surface area (Å²) in [6.07, 6.45) is 0.508. The molecule has 25 heavy (non-hydrogen) atoms. The molecule has 4 aliphatic heterocycles. The number of nitrogens with zero attached hydrogens (tertiary/aromatic N) is 1. The first kappa shape index (κ1) is 14.6. The zero-order chi connectivity index (χ0) is 16.9. The number of methoxy groups -OCH3 is 2. The van der Waals surface area contributed by atoms with Gasteiger partial charge in [-0.05, 0) is 18.1 Å². The van der Waals surface area contributed by atoms with Crippen molar-refractivity contribution in [2.45, 2.75) is 48.8 Å². The van der Waals surface area contributed by atoms with E-state index < -0.39 is 11.5 Å². The van der Waals surface area contributed by atoms with Crippen LogP contribution in [0.25, 0.3) is 0 Å². The van der Waals surface area contributed by atoms with Crippen LogP contribution in [-0.4, -0.2) is 68.0 Å². The van der Waals surface area contributed by atoms with Crippen molar-refractivity contribution in [2.24, 2.45) is 0 Å². The Morgan fingerprint density at radius 2 is 2.20 bits per heavy atom. The number of fused-ring (bicyclic) bond motifs is 3. The van der Waals surface area contributed by atoms with Gasteiger partial charge in [-0.2, -0.15) is 0 Å². The Morgan fingerprint density at radius 1 is 1.32 bits per heavy atom. The Morgan fingerprint density at radius 3 is 3.00 bits per heavy atom. The van der Waals surface area contributed by atoms with Crippen molar-refractivity contribution in [1.29, 1.82) is 0 Å². The minimum atomic E-state index is -0.475. The van der Waals surface area contributed by atoms with E-state index in [2.05, 4.69) is 4.90 Å². The highest BCUT2D eigenvalue weighted by Crippen LogP contribution is 2.63. The maximum atomic E-state index is 11.1. The summed E-state index contributed by atoms with van der Waals surface area (Å²) in [7, 11) is 3.40. The monoisotopic (exact) mass is 347 g/mol. The Hall–Kier alpha value is -1.54. The van der Waals surface area contributed by atoms with Gasteiger partial charge in [-0.15, -0.1) is 0 Å². The van der Waals surface area contributed by atoms with Gasteiger partial charge in [0.1, 0.15) is 12.2 Å². The zero-order valence-electron chi connectivity index (χ0n) is 14.2. The normalized spacial score (nSPS) is 44.8. The molecule has 2 saturated heterocycles. The molecule has 134 valence electrons. The molecule has 2 bridgehead atoms. The highest BCUT2D eigenvalue weighted by molar-refractivity contribution is 5.64. The first-order chi connectivity index (χ1) is 12.2. The summed E-state index contributed by atoms with van der Waals surface area (Å²) in [6.45, 7) is 1.57. The second kappa shape index (κ2) is 4.59. The number of epoxide rings is 1. The third kappa shape index (κ3) is 1.53. The molecule has 1 saturated carbocycles. The van der Waals surface area contributed by atoms with Gasteiger partial charge in [-0.25, -0.2) is 0 Å². The molecule has 1 aromatic rings. The lowest BCUT2D eigenvalue weighted by atomic mass is 9.61. The Labute approximate surface area is 145 Å². The van der Waals surface area contributed by atoms with Gasteiger partial charge < -0.3 is 28.8 Å². The Bertz CT molecular complexity index is 768. The van der Waals surface area contributed by atoms with Gasteiger partial charge in [-0.1, -0.05) is 0 Å². The lowest BCUT2D eigenvalue weighted by molar-refractivity contribution is 0.0134. The van der Waals surface area contributed by atoms with E-state index >= 15 is 0 Å². The van der Waals surface area contributed by atoms with E-state index in [1.165, 1.54) is 0 Å². The average molecular weight is 347 g/mol. The van der Waals surface area contributed by atoms with Crippen LogP contribution in [0.4, 0.5) is 0 Å². The van der Waals surface area contributed by atoms with E-state index in [-0.39, 0.29) is 31.1 Å². The van der Waals surface area contributed by atoms with E-state index in [1.807, 2.05) is 6.07 Å². The summed E-state index contributed by atoms with van der Waals surface area (Å²) in [6, 6.07) is 2.25. The third-order valence-electron chi connectivity index (χ3n) is 6.83. The highest BCUT2D eigenvalue weighted by Gasteiger charge is 2.74. The standard InChI is InChI=1S/C18H21NO6/c1-21-10-4-12-18(17-16(10)25-17)9-3-11-15(24-7-23-11)14(22-2)8(9)5-19(12)6-13(18)20/h3,10,12-13,16-17,20H,4-7H2,1-2H3. The van der Waals surface area contributed by atoms with Crippen molar-refractivity contribution in [3.63, 3.8) is 0 Å². The Kier molecular flexibility index (Phi) is 2.68. The summed E-state index contributed by atoms with van der Waals surface area (Å²) >= 11 is 0. The molecule has 7 heteroatoms. The maximum Gasteiger partial charge on any atom is 0.231 e. The van der Waals surface area contributed by atoms with Crippen molar-refractivity contribution in [1.82, 2.24) is 4.90 Å². The maximum absolute atomic E-state index is 11.1. The van der Waals surface area contributed by atoms with Gasteiger partial charge >= 0.3 is 0 Å². The second-order valence-electron chi connectivity index (χ2n) is 7.59. The highest BCUT2D eigenvalue weighted by atomic mass is 16.7. The molecule has 1 aliphatic carbocycles. The summed E-state index contributed by atoms with van der Waals surface area (Å²) in [5.41, 5.74) is 1.74. The number of aliphatic hydroxyl groups is 1. The van der Waals surface area contributed by atoms with Crippen molar-refractivity contribution < 1.29 is 28.8 Å². The van der Waals surface area contributed by atoms with E-state index in [4.69, 9.17) is 23.7 Å². The van der Waals surface area contributed by atoms with Crippen LogP contribution in [0.5, 0.6) is 17.2 Å². The van der Waals surface area contributed by atoms with E-state index in [0.717, 1.165) is 29.8 Å². The molecule has 4 heterocycles. The molecule has 6 rings (SSSR count).